The summed E-state index contributed by atoms with van der Waals surface area (Å²) < 4.78 is 51.7. The topological polar surface area (TPSA) is 42.0 Å². The molecule has 1 atom stereocenters. The molecule has 0 spiro atoms. The predicted molar refractivity (Wildman–Crippen MR) is 58.8 cm³/mol. The first-order chi connectivity index (χ1) is 7.75. The quantitative estimate of drug-likeness (QED) is 0.913. The molecule has 0 aliphatic rings. The minimum atomic E-state index is -4.53. The first-order valence-corrected chi connectivity index (χ1v) is 6.09. The molecule has 0 bridgehead atoms. The zero-order chi connectivity index (χ0) is 13.2. The van der Waals surface area contributed by atoms with Crippen LogP contribution in [0.15, 0.2) is 17.0 Å². The number of rotatable bonds is 3. The van der Waals surface area contributed by atoms with Gasteiger partial charge in [-0.2, -0.15) is 13.2 Å². The molecule has 0 radical (unpaired) electrons. The van der Waals surface area contributed by atoms with E-state index in [1.807, 2.05) is 0 Å². The van der Waals surface area contributed by atoms with Crippen LogP contribution < -0.4 is 4.72 Å². The minimum absolute atomic E-state index is 0.0820. The summed E-state index contributed by atoms with van der Waals surface area (Å²) in [7, 11) is -0.237. The Hall–Kier alpha value is -0.950. The molecule has 17 heavy (non-hydrogen) atoms. The van der Waals surface area contributed by atoms with Crippen molar-refractivity contribution in [2.75, 3.05) is 7.05 Å². The van der Waals surface area contributed by atoms with E-state index < -0.39 is 22.9 Å². The van der Waals surface area contributed by atoms with Crippen LogP contribution in [-0.4, -0.2) is 16.2 Å². The summed E-state index contributed by atoms with van der Waals surface area (Å²) in [5.41, 5.74) is -0.735. The molecular weight excluding hydrogens is 253 g/mol. The molecule has 1 aromatic heterocycles. The number of nitrogens with one attached hydrogen (secondary N) is 1. The lowest BCUT2D eigenvalue weighted by Gasteiger charge is -2.12. The first-order valence-electron chi connectivity index (χ1n) is 4.94. The molecule has 7 heteroatoms. The highest BCUT2D eigenvalue weighted by Crippen LogP contribution is 2.30. The average Bonchev–Trinajstić information content (AvgIpc) is 2.26. The van der Waals surface area contributed by atoms with Crippen molar-refractivity contribution in [1.29, 1.82) is 0 Å². The fraction of sp³-hybridized carbons (Fsp3) is 0.500. The maximum atomic E-state index is 12.6. The molecular formula is C10H13F3N2OS. The van der Waals surface area contributed by atoms with E-state index in [1.54, 1.807) is 13.8 Å². The van der Waals surface area contributed by atoms with Gasteiger partial charge in [0.25, 0.3) is 0 Å². The molecule has 1 rings (SSSR count). The summed E-state index contributed by atoms with van der Waals surface area (Å²) in [4.78, 5) is 3.62. The Morgan fingerprint density at radius 2 is 1.94 bits per heavy atom. The molecule has 1 N–H and O–H groups in total. The second-order valence-electron chi connectivity index (χ2n) is 3.74. The van der Waals surface area contributed by atoms with E-state index in [-0.39, 0.29) is 16.5 Å². The zero-order valence-electron chi connectivity index (χ0n) is 9.63. The number of aromatic nitrogens is 1. The van der Waals surface area contributed by atoms with Crippen LogP contribution in [0.3, 0.4) is 0 Å². The van der Waals surface area contributed by atoms with Gasteiger partial charge in [0.1, 0.15) is 16.7 Å². The van der Waals surface area contributed by atoms with Crippen molar-refractivity contribution in [3.05, 3.63) is 23.5 Å². The van der Waals surface area contributed by atoms with Gasteiger partial charge >= 0.3 is 6.18 Å². The summed E-state index contributed by atoms with van der Waals surface area (Å²) in [5.74, 6) is -0.162. The van der Waals surface area contributed by atoms with Crippen LogP contribution in [-0.2, 0) is 17.2 Å². The van der Waals surface area contributed by atoms with Gasteiger partial charge in [-0.05, 0) is 25.1 Å². The maximum Gasteiger partial charge on any atom is 0.433 e. The lowest BCUT2D eigenvalue weighted by molar-refractivity contribution is -0.141. The molecule has 0 saturated carbocycles. The maximum absolute atomic E-state index is 12.6. The van der Waals surface area contributed by atoms with Gasteiger partial charge < -0.3 is 0 Å². The predicted octanol–water partition coefficient (Wildman–Crippen LogP) is 2.47. The molecule has 1 unspecified atom stereocenters. The SMILES string of the molecule is CNS(=O)c1cc(C(C)C)nc(C(F)(F)F)c1. The smallest absolute Gasteiger partial charge is 0.248 e. The van der Waals surface area contributed by atoms with Crippen molar-refractivity contribution in [3.8, 4) is 0 Å². The highest BCUT2D eigenvalue weighted by atomic mass is 32.2. The number of pyridine rings is 1. The Balaban J connectivity index is 3.34. The minimum Gasteiger partial charge on any atom is -0.248 e. The summed E-state index contributed by atoms with van der Waals surface area (Å²) >= 11 is 0. The summed E-state index contributed by atoms with van der Waals surface area (Å²) in [5, 5.41) is 0. The van der Waals surface area contributed by atoms with Gasteiger partial charge in [0.05, 0.1) is 4.90 Å². The second kappa shape index (κ2) is 5.14. The van der Waals surface area contributed by atoms with Crippen molar-refractivity contribution >= 4 is 11.0 Å². The Labute approximate surface area is 100 Å². The Morgan fingerprint density at radius 1 is 1.35 bits per heavy atom. The third-order valence-electron chi connectivity index (χ3n) is 2.10. The molecule has 0 aliphatic carbocycles. The summed E-state index contributed by atoms with van der Waals surface area (Å²) in [6, 6.07) is 2.23. The molecule has 3 nitrogen and oxygen atoms in total. The Bertz CT molecular complexity index is 432. The molecule has 1 aromatic rings. The van der Waals surface area contributed by atoms with Crippen LogP contribution >= 0.6 is 0 Å². The van der Waals surface area contributed by atoms with Crippen LogP contribution in [0.1, 0.15) is 31.2 Å². The van der Waals surface area contributed by atoms with Crippen LogP contribution in [0.2, 0.25) is 0 Å². The largest absolute Gasteiger partial charge is 0.433 e. The van der Waals surface area contributed by atoms with Gasteiger partial charge in [0.2, 0.25) is 0 Å². The van der Waals surface area contributed by atoms with E-state index in [0.29, 0.717) is 0 Å². The van der Waals surface area contributed by atoms with E-state index >= 15 is 0 Å². The molecule has 0 fully saturated rings. The highest BCUT2D eigenvalue weighted by molar-refractivity contribution is 7.83. The Kier molecular flexibility index (Phi) is 4.26. The lowest BCUT2D eigenvalue weighted by Crippen LogP contribution is -2.15. The highest BCUT2D eigenvalue weighted by Gasteiger charge is 2.33. The molecule has 0 saturated heterocycles. The van der Waals surface area contributed by atoms with E-state index in [1.165, 1.54) is 13.1 Å². The fourth-order valence-corrected chi connectivity index (χ4v) is 1.87. The van der Waals surface area contributed by atoms with Crippen molar-refractivity contribution < 1.29 is 17.4 Å². The van der Waals surface area contributed by atoms with E-state index in [0.717, 1.165) is 6.07 Å². The summed E-state index contributed by atoms with van der Waals surface area (Å²) in [6.07, 6.45) is -4.53. The van der Waals surface area contributed by atoms with Gasteiger partial charge in [0.15, 0.2) is 0 Å². The van der Waals surface area contributed by atoms with Crippen molar-refractivity contribution in [1.82, 2.24) is 9.71 Å². The van der Waals surface area contributed by atoms with E-state index in [2.05, 4.69) is 9.71 Å². The van der Waals surface area contributed by atoms with Crippen molar-refractivity contribution in [3.63, 3.8) is 0 Å². The van der Waals surface area contributed by atoms with Crippen LogP contribution in [0.5, 0.6) is 0 Å². The number of nitrogens with zero attached hydrogens (tertiary/aromatic N) is 1. The van der Waals surface area contributed by atoms with E-state index in [4.69, 9.17) is 0 Å². The first kappa shape index (κ1) is 14.1. The van der Waals surface area contributed by atoms with Gasteiger partial charge in [-0.15, -0.1) is 0 Å². The van der Waals surface area contributed by atoms with E-state index in [9.17, 15) is 17.4 Å². The Morgan fingerprint density at radius 3 is 2.35 bits per heavy atom. The van der Waals surface area contributed by atoms with Gasteiger partial charge in [-0.1, -0.05) is 13.8 Å². The molecule has 0 aliphatic heterocycles. The molecule has 0 amide bonds. The third kappa shape index (κ3) is 3.50. The number of hydrogen-bond acceptors (Lipinski definition) is 2. The van der Waals surface area contributed by atoms with Crippen molar-refractivity contribution in [2.24, 2.45) is 0 Å². The summed E-state index contributed by atoms with van der Waals surface area (Å²) in [6.45, 7) is 3.46. The molecule has 96 valence electrons. The standard InChI is InChI=1S/C10H13F3N2OS/c1-6(2)8-4-7(17(16)14-3)5-9(15-8)10(11,12)13/h4-6,14H,1-3H3. The normalized spacial score (nSPS) is 14.1. The van der Waals surface area contributed by atoms with Crippen LogP contribution in [0, 0.1) is 0 Å². The lowest BCUT2D eigenvalue weighted by atomic mass is 10.1. The second-order valence-corrected chi connectivity index (χ2v) is 5.16. The average molecular weight is 266 g/mol. The number of halogens is 3. The van der Waals surface area contributed by atoms with Crippen LogP contribution in [0.4, 0.5) is 13.2 Å². The van der Waals surface area contributed by atoms with Gasteiger partial charge in [0, 0.05) is 5.69 Å². The number of hydrogen-bond donors (Lipinski definition) is 1. The number of alkyl halides is 3. The van der Waals surface area contributed by atoms with Gasteiger partial charge in [-0.25, -0.2) is 13.9 Å². The fourth-order valence-electron chi connectivity index (χ4n) is 1.19. The van der Waals surface area contributed by atoms with Gasteiger partial charge in [-0.3, -0.25) is 0 Å². The van der Waals surface area contributed by atoms with Crippen molar-refractivity contribution in [2.45, 2.75) is 30.8 Å². The van der Waals surface area contributed by atoms with Crippen LogP contribution in [0.25, 0.3) is 0 Å². The molecule has 1 heterocycles. The zero-order valence-corrected chi connectivity index (χ0v) is 10.4. The monoisotopic (exact) mass is 266 g/mol. The molecule has 0 aromatic carbocycles. The third-order valence-corrected chi connectivity index (χ3v) is 3.13.